The van der Waals surface area contributed by atoms with Crippen molar-refractivity contribution in [1.82, 2.24) is 25.6 Å². The zero-order chi connectivity index (χ0) is 22.8. The number of halogens is 1. The van der Waals surface area contributed by atoms with E-state index >= 15 is 0 Å². The third kappa shape index (κ3) is 4.57. The SMILES string of the molecule is O=C1NCC(F)COc2c(-c3cnc(CO)nc3)ccc3ncc(cc23)N[C@H]2CCN[C@H]1C2. The van der Waals surface area contributed by atoms with Crippen LogP contribution in [-0.2, 0) is 11.4 Å². The summed E-state index contributed by atoms with van der Waals surface area (Å²) in [7, 11) is 0. The summed E-state index contributed by atoms with van der Waals surface area (Å²) in [6.07, 6.45) is 5.02. The monoisotopic (exact) mass is 452 g/mol. The van der Waals surface area contributed by atoms with Gasteiger partial charge in [0.2, 0.25) is 5.91 Å². The number of hydrogen-bond acceptors (Lipinski definition) is 8. The van der Waals surface area contributed by atoms with E-state index in [1.807, 2.05) is 18.2 Å². The molecule has 4 bridgehead atoms. The fourth-order valence-corrected chi connectivity index (χ4v) is 4.26. The molecule has 5 rings (SSSR count). The van der Waals surface area contributed by atoms with E-state index in [2.05, 4.69) is 30.9 Å². The van der Waals surface area contributed by atoms with Crippen molar-refractivity contribution >= 4 is 22.5 Å². The number of pyridine rings is 1. The van der Waals surface area contributed by atoms with Gasteiger partial charge < -0.3 is 25.8 Å². The molecule has 4 heterocycles. The van der Waals surface area contributed by atoms with Crippen LogP contribution in [-0.4, -0.2) is 63.9 Å². The Kier molecular flexibility index (Phi) is 6.01. The van der Waals surface area contributed by atoms with Crippen LogP contribution < -0.4 is 20.7 Å². The maximum Gasteiger partial charge on any atom is 0.237 e. The summed E-state index contributed by atoms with van der Waals surface area (Å²) < 4.78 is 20.7. The van der Waals surface area contributed by atoms with E-state index in [1.54, 1.807) is 18.6 Å². The van der Waals surface area contributed by atoms with Crippen LogP contribution in [0.5, 0.6) is 5.75 Å². The predicted molar refractivity (Wildman–Crippen MR) is 121 cm³/mol. The van der Waals surface area contributed by atoms with Gasteiger partial charge in [-0.15, -0.1) is 0 Å². The van der Waals surface area contributed by atoms with Gasteiger partial charge >= 0.3 is 0 Å². The molecule has 0 spiro atoms. The molecule has 0 aliphatic carbocycles. The number of alkyl halides is 1. The fourth-order valence-electron chi connectivity index (χ4n) is 4.26. The van der Waals surface area contributed by atoms with Crippen molar-refractivity contribution in [1.29, 1.82) is 0 Å². The van der Waals surface area contributed by atoms with Crippen LogP contribution >= 0.6 is 0 Å². The quantitative estimate of drug-likeness (QED) is 0.462. The molecule has 33 heavy (non-hydrogen) atoms. The number of nitrogens with zero attached hydrogens (tertiary/aromatic N) is 3. The average Bonchev–Trinajstić information content (AvgIpc) is 2.85. The third-order valence-electron chi connectivity index (χ3n) is 5.97. The van der Waals surface area contributed by atoms with Crippen molar-refractivity contribution in [3.8, 4) is 16.9 Å². The van der Waals surface area contributed by atoms with Crippen molar-refractivity contribution in [2.75, 3.05) is 25.0 Å². The molecule has 3 aromatic rings. The van der Waals surface area contributed by atoms with Gasteiger partial charge in [0.15, 0.2) is 12.0 Å². The Labute approximate surface area is 189 Å². The van der Waals surface area contributed by atoms with Crippen LogP contribution in [0.15, 0.2) is 36.8 Å². The van der Waals surface area contributed by atoms with Crippen LogP contribution in [0, 0.1) is 0 Å². The molecule has 2 aliphatic heterocycles. The lowest BCUT2D eigenvalue weighted by Gasteiger charge is -2.31. The first kappa shape index (κ1) is 21.5. The molecule has 172 valence electrons. The zero-order valence-electron chi connectivity index (χ0n) is 17.9. The van der Waals surface area contributed by atoms with Crippen molar-refractivity contribution in [2.24, 2.45) is 0 Å². The van der Waals surface area contributed by atoms with Gasteiger partial charge in [0.25, 0.3) is 0 Å². The number of fused-ring (bicyclic) bond motifs is 3. The topological polar surface area (TPSA) is 121 Å². The molecule has 10 heteroatoms. The molecular weight excluding hydrogens is 427 g/mol. The number of aliphatic hydroxyl groups excluding tert-OH is 1. The first-order valence-electron chi connectivity index (χ1n) is 11.0. The van der Waals surface area contributed by atoms with Crippen molar-refractivity contribution in [3.05, 3.63) is 42.6 Å². The van der Waals surface area contributed by atoms with E-state index in [0.717, 1.165) is 17.5 Å². The van der Waals surface area contributed by atoms with Crippen molar-refractivity contribution in [2.45, 2.75) is 37.7 Å². The highest BCUT2D eigenvalue weighted by Gasteiger charge is 2.28. The van der Waals surface area contributed by atoms with E-state index in [9.17, 15) is 14.3 Å². The minimum absolute atomic E-state index is 0.0809. The highest BCUT2D eigenvalue weighted by Crippen LogP contribution is 2.37. The van der Waals surface area contributed by atoms with Gasteiger partial charge in [-0.25, -0.2) is 14.4 Å². The summed E-state index contributed by atoms with van der Waals surface area (Å²) in [4.78, 5) is 25.4. The number of nitrogens with one attached hydrogen (secondary N) is 3. The van der Waals surface area contributed by atoms with E-state index in [4.69, 9.17) is 4.74 Å². The number of amides is 1. The van der Waals surface area contributed by atoms with Gasteiger partial charge in [0.05, 0.1) is 30.0 Å². The van der Waals surface area contributed by atoms with Crippen LogP contribution in [0.2, 0.25) is 0 Å². The first-order chi connectivity index (χ1) is 16.1. The Bertz CT molecular complexity index is 1160. The van der Waals surface area contributed by atoms with Crippen LogP contribution in [0.3, 0.4) is 0 Å². The van der Waals surface area contributed by atoms with Crippen LogP contribution in [0.4, 0.5) is 10.1 Å². The number of hydrogen-bond donors (Lipinski definition) is 4. The number of benzene rings is 1. The Morgan fingerprint density at radius 2 is 2.03 bits per heavy atom. The summed E-state index contributed by atoms with van der Waals surface area (Å²) in [5.74, 6) is 0.569. The number of carbonyl (C=O) groups is 1. The van der Waals surface area contributed by atoms with Crippen molar-refractivity contribution < 1.29 is 19.0 Å². The van der Waals surface area contributed by atoms with E-state index in [0.29, 0.717) is 41.2 Å². The second kappa shape index (κ2) is 9.24. The molecular formula is C23H25FN6O3. The second-order valence-corrected chi connectivity index (χ2v) is 8.30. The largest absolute Gasteiger partial charge is 0.489 e. The van der Waals surface area contributed by atoms with Gasteiger partial charge in [0, 0.05) is 34.9 Å². The summed E-state index contributed by atoms with van der Waals surface area (Å²) in [6.45, 7) is 0.0681. The number of carbonyl (C=O) groups excluding carboxylic acids is 1. The lowest BCUT2D eigenvalue weighted by atomic mass is 9.98. The maximum absolute atomic E-state index is 14.7. The summed E-state index contributed by atoms with van der Waals surface area (Å²) in [5, 5.41) is 19.4. The first-order valence-corrected chi connectivity index (χ1v) is 11.0. The molecule has 4 N–H and O–H groups in total. The summed E-state index contributed by atoms with van der Waals surface area (Å²) in [5.41, 5.74) is 2.88. The number of anilines is 1. The molecule has 1 aromatic carbocycles. The summed E-state index contributed by atoms with van der Waals surface area (Å²) in [6, 6.07) is 5.37. The zero-order valence-corrected chi connectivity index (χ0v) is 17.9. The van der Waals surface area contributed by atoms with E-state index in [1.165, 1.54) is 0 Å². The fraction of sp³-hybridized carbons (Fsp3) is 0.391. The predicted octanol–water partition coefficient (Wildman–Crippen LogP) is 1.56. The number of rotatable bonds is 2. The number of ether oxygens (including phenoxy) is 1. The molecule has 9 nitrogen and oxygen atoms in total. The van der Waals surface area contributed by atoms with E-state index in [-0.39, 0.29) is 37.7 Å². The molecule has 3 atom stereocenters. The van der Waals surface area contributed by atoms with Gasteiger partial charge in [-0.05, 0) is 37.6 Å². The van der Waals surface area contributed by atoms with Gasteiger partial charge in [-0.1, -0.05) is 0 Å². The lowest BCUT2D eigenvalue weighted by Crippen LogP contribution is -2.52. The summed E-state index contributed by atoms with van der Waals surface area (Å²) >= 11 is 0. The molecule has 2 aliphatic rings. The lowest BCUT2D eigenvalue weighted by molar-refractivity contribution is -0.124. The molecule has 1 saturated heterocycles. The molecule has 1 amide bonds. The van der Waals surface area contributed by atoms with Crippen LogP contribution in [0.25, 0.3) is 22.0 Å². The minimum atomic E-state index is -1.39. The molecule has 0 saturated carbocycles. The minimum Gasteiger partial charge on any atom is -0.489 e. The molecule has 0 radical (unpaired) electrons. The Morgan fingerprint density at radius 3 is 2.85 bits per heavy atom. The molecule has 2 aromatic heterocycles. The highest BCUT2D eigenvalue weighted by atomic mass is 19.1. The Hall–Kier alpha value is -3.37. The van der Waals surface area contributed by atoms with Gasteiger partial charge in [-0.3, -0.25) is 9.78 Å². The maximum atomic E-state index is 14.7. The Morgan fingerprint density at radius 1 is 1.18 bits per heavy atom. The van der Waals surface area contributed by atoms with Crippen molar-refractivity contribution in [3.63, 3.8) is 0 Å². The number of aliphatic hydroxyl groups is 1. The highest BCUT2D eigenvalue weighted by molar-refractivity contribution is 5.94. The normalized spacial score (nSPS) is 23.3. The molecule has 1 fully saturated rings. The third-order valence-corrected chi connectivity index (χ3v) is 5.97. The van der Waals surface area contributed by atoms with Gasteiger partial charge in [-0.2, -0.15) is 0 Å². The molecule has 1 unspecified atom stereocenters. The van der Waals surface area contributed by atoms with Crippen LogP contribution in [0.1, 0.15) is 18.7 Å². The van der Waals surface area contributed by atoms with E-state index < -0.39 is 6.17 Å². The Balaban J connectivity index is 1.58. The average molecular weight is 452 g/mol. The number of piperidine rings is 1. The standard InChI is InChI=1S/C23H25FN6O3/c24-14-9-29-23(32)20-6-15(3-4-25-20)30-16-5-18-19(26-10-16)2-1-17(22(18)33-12-14)13-7-27-21(11-31)28-8-13/h1-2,5,7-8,10,14-15,20,25,30-31H,3-4,6,9,11-12H2,(H,29,32)/t14?,15-,20-/m0/s1. The van der Waals surface area contributed by atoms with Gasteiger partial charge in [0.1, 0.15) is 19.0 Å². The second-order valence-electron chi connectivity index (χ2n) is 8.30. The smallest absolute Gasteiger partial charge is 0.237 e. The number of aromatic nitrogens is 3.